The smallest absolute Gasteiger partial charge is 0.224 e. The number of fused-ring (bicyclic) bond motifs is 1. The Labute approximate surface area is 171 Å². The summed E-state index contributed by atoms with van der Waals surface area (Å²) in [4.78, 5) is 24.3. The van der Waals surface area contributed by atoms with Crippen LogP contribution in [-0.2, 0) is 0 Å². The van der Waals surface area contributed by atoms with E-state index in [1.807, 2.05) is 20.2 Å². The van der Waals surface area contributed by atoms with Gasteiger partial charge in [-0.2, -0.15) is 0 Å². The highest BCUT2D eigenvalue weighted by molar-refractivity contribution is 7.21. The third-order valence-electron chi connectivity index (χ3n) is 3.94. The molecule has 0 spiro atoms. The Kier molecular flexibility index (Phi) is 5.86. The van der Waals surface area contributed by atoms with E-state index in [0.29, 0.717) is 49.0 Å². The molecule has 3 rings (SSSR count). The van der Waals surface area contributed by atoms with Crippen molar-refractivity contribution in [3.63, 3.8) is 0 Å². The first-order valence-corrected chi connectivity index (χ1v) is 9.80. The summed E-state index contributed by atoms with van der Waals surface area (Å²) in [6.07, 6.45) is 0. The normalized spacial score (nSPS) is 11.3. The van der Waals surface area contributed by atoms with E-state index < -0.39 is 0 Å². The van der Waals surface area contributed by atoms with Crippen LogP contribution < -0.4 is 11.1 Å². The van der Waals surface area contributed by atoms with Gasteiger partial charge in [0.25, 0.3) is 0 Å². The van der Waals surface area contributed by atoms with Crippen LogP contribution in [0.25, 0.3) is 21.5 Å². The van der Waals surface area contributed by atoms with Crippen molar-refractivity contribution in [2.45, 2.75) is 6.92 Å². The molecule has 0 aliphatic heterocycles. The van der Waals surface area contributed by atoms with E-state index in [-0.39, 0.29) is 5.78 Å². The Morgan fingerprint density at radius 1 is 1.26 bits per heavy atom. The highest BCUT2D eigenvalue weighted by atomic mass is 35.5. The molecule has 0 fully saturated rings. The molecule has 27 heavy (non-hydrogen) atoms. The zero-order valence-corrected chi connectivity index (χ0v) is 17.5. The van der Waals surface area contributed by atoms with Crippen molar-refractivity contribution in [2.75, 3.05) is 38.2 Å². The van der Waals surface area contributed by atoms with Gasteiger partial charge >= 0.3 is 0 Å². The molecular formula is C18H19Cl2N5OS. The summed E-state index contributed by atoms with van der Waals surface area (Å²) in [5.74, 6) is 0.375. The minimum absolute atomic E-state index is 0.0993. The molecule has 2 heterocycles. The number of rotatable bonds is 6. The number of nitrogen functional groups attached to an aromatic ring is 1. The number of nitrogens with one attached hydrogen (secondary N) is 1. The number of Topliss-reactive ketones (excluding diaryl/α,β-unsaturated/α-hetero) is 1. The van der Waals surface area contributed by atoms with Crippen molar-refractivity contribution in [3.8, 4) is 11.3 Å². The zero-order chi connectivity index (χ0) is 19.7. The number of benzene rings is 1. The van der Waals surface area contributed by atoms with Gasteiger partial charge in [0.2, 0.25) is 5.95 Å². The molecule has 0 radical (unpaired) electrons. The average molecular weight is 424 g/mol. The molecule has 3 N–H and O–H groups in total. The van der Waals surface area contributed by atoms with Crippen molar-refractivity contribution >= 4 is 62.2 Å². The van der Waals surface area contributed by atoms with Gasteiger partial charge in [-0.05, 0) is 26.2 Å². The highest BCUT2D eigenvalue weighted by Crippen LogP contribution is 2.40. The van der Waals surface area contributed by atoms with E-state index in [1.165, 1.54) is 18.3 Å². The van der Waals surface area contributed by atoms with E-state index in [0.717, 1.165) is 12.1 Å². The Morgan fingerprint density at radius 3 is 2.63 bits per heavy atom. The van der Waals surface area contributed by atoms with Crippen molar-refractivity contribution in [1.82, 2.24) is 14.9 Å². The molecule has 6 nitrogen and oxygen atoms in total. The lowest BCUT2D eigenvalue weighted by Gasteiger charge is -2.12. The van der Waals surface area contributed by atoms with Gasteiger partial charge in [0.1, 0.15) is 4.83 Å². The van der Waals surface area contributed by atoms with Gasteiger partial charge in [0.15, 0.2) is 5.78 Å². The van der Waals surface area contributed by atoms with E-state index in [9.17, 15) is 4.79 Å². The maximum atomic E-state index is 11.9. The van der Waals surface area contributed by atoms with Crippen LogP contribution in [0.1, 0.15) is 16.6 Å². The van der Waals surface area contributed by atoms with Gasteiger partial charge in [0.05, 0.1) is 31.7 Å². The van der Waals surface area contributed by atoms with Crippen LogP contribution >= 0.6 is 34.5 Å². The molecule has 2 aromatic heterocycles. The summed E-state index contributed by atoms with van der Waals surface area (Å²) in [6, 6.07) is 5.27. The number of hydrogen-bond acceptors (Lipinski definition) is 7. The molecule has 0 saturated heterocycles. The van der Waals surface area contributed by atoms with Crippen LogP contribution in [0.15, 0.2) is 18.2 Å². The van der Waals surface area contributed by atoms with Crippen LogP contribution in [0.3, 0.4) is 0 Å². The standard InChI is InChI=1S/C18H19Cl2N5OS/c1-9(26)16-14(21)13-15(10-4-5-11(19)12(20)8-10)23-18(24-17(13)27-16)22-6-7-25(2)3/h4-5,8H,6-7,21H2,1-3H3,(H,22,23,24). The van der Waals surface area contributed by atoms with E-state index in [4.69, 9.17) is 28.9 Å². The van der Waals surface area contributed by atoms with Gasteiger partial charge in [-0.3, -0.25) is 4.79 Å². The largest absolute Gasteiger partial charge is 0.397 e. The molecule has 0 bridgehead atoms. The molecule has 0 aliphatic carbocycles. The molecule has 0 unspecified atom stereocenters. The predicted molar refractivity (Wildman–Crippen MR) is 114 cm³/mol. The molecule has 0 aliphatic rings. The van der Waals surface area contributed by atoms with E-state index in [1.54, 1.807) is 12.1 Å². The van der Waals surface area contributed by atoms with Gasteiger partial charge in [-0.25, -0.2) is 9.97 Å². The zero-order valence-electron chi connectivity index (χ0n) is 15.1. The number of thiophene rings is 1. The quantitative estimate of drug-likeness (QED) is 0.570. The number of likely N-dealkylation sites (N-methyl/N-ethyl adjacent to an activating group) is 1. The Bertz CT molecular complexity index is 1020. The number of carbonyl (C=O) groups excluding carboxylic acids is 1. The first-order chi connectivity index (χ1) is 12.8. The Morgan fingerprint density at radius 2 is 2.00 bits per heavy atom. The van der Waals surface area contributed by atoms with Crippen LogP contribution in [-0.4, -0.2) is 47.8 Å². The second-order valence-electron chi connectivity index (χ2n) is 6.34. The fourth-order valence-corrected chi connectivity index (χ4v) is 3.89. The van der Waals surface area contributed by atoms with Crippen LogP contribution in [0.4, 0.5) is 11.6 Å². The van der Waals surface area contributed by atoms with Crippen molar-refractivity contribution in [3.05, 3.63) is 33.1 Å². The van der Waals surface area contributed by atoms with E-state index >= 15 is 0 Å². The number of hydrogen-bond donors (Lipinski definition) is 2. The van der Waals surface area contributed by atoms with Gasteiger partial charge in [0, 0.05) is 25.6 Å². The summed E-state index contributed by atoms with van der Waals surface area (Å²) in [5, 5.41) is 4.75. The number of halogens is 2. The fourth-order valence-electron chi connectivity index (χ4n) is 2.61. The second kappa shape index (κ2) is 7.98. The summed E-state index contributed by atoms with van der Waals surface area (Å²) >= 11 is 13.5. The molecule has 1 aromatic carbocycles. The summed E-state index contributed by atoms with van der Waals surface area (Å²) in [6.45, 7) is 3.00. The second-order valence-corrected chi connectivity index (χ2v) is 8.15. The van der Waals surface area contributed by atoms with Gasteiger partial charge in [-0.15, -0.1) is 11.3 Å². The third-order valence-corrected chi connectivity index (χ3v) is 5.88. The van der Waals surface area contributed by atoms with Gasteiger partial charge in [-0.1, -0.05) is 29.3 Å². The molecular weight excluding hydrogens is 405 g/mol. The number of nitrogens with two attached hydrogens (primary N) is 1. The minimum atomic E-state index is -0.0993. The first kappa shape index (κ1) is 19.8. The third kappa shape index (κ3) is 4.16. The molecule has 9 heteroatoms. The highest BCUT2D eigenvalue weighted by Gasteiger charge is 2.20. The van der Waals surface area contributed by atoms with Crippen molar-refractivity contribution in [2.24, 2.45) is 0 Å². The predicted octanol–water partition coefficient (Wildman–Crippen LogP) is 4.42. The summed E-state index contributed by atoms with van der Waals surface area (Å²) in [7, 11) is 3.98. The molecule has 0 saturated carbocycles. The first-order valence-electron chi connectivity index (χ1n) is 8.23. The molecule has 0 atom stereocenters. The SMILES string of the molecule is CC(=O)c1sc2nc(NCCN(C)C)nc(-c3ccc(Cl)c(Cl)c3)c2c1N. The summed E-state index contributed by atoms with van der Waals surface area (Å²) in [5.41, 5.74) is 8.03. The summed E-state index contributed by atoms with van der Waals surface area (Å²) < 4.78 is 0. The maximum Gasteiger partial charge on any atom is 0.224 e. The minimum Gasteiger partial charge on any atom is -0.397 e. The number of aromatic nitrogens is 2. The number of nitrogens with zero attached hydrogens (tertiary/aromatic N) is 3. The fraction of sp³-hybridized carbons (Fsp3) is 0.278. The lowest BCUT2D eigenvalue weighted by atomic mass is 10.1. The Hall–Kier alpha value is -1.93. The topological polar surface area (TPSA) is 84.1 Å². The van der Waals surface area contributed by atoms with Crippen LogP contribution in [0, 0.1) is 0 Å². The van der Waals surface area contributed by atoms with Crippen molar-refractivity contribution in [1.29, 1.82) is 0 Å². The van der Waals surface area contributed by atoms with E-state index in [2.05, 4.69) is 20.2 Å². The van der Waals surface area contributed by atoms with Crippen molar-refractivity contribution < 1.29 is 4.79 Å². The molecule has 0 amide bonds. The maximum absolute atomic E-state index is 11.9. The average Bonchev–Trinajstić information content (AvgIpc) is 2.93. The Balaban J connectivity index is 2.17. The lowest BCUT2D eigenvalue weighted by molar-refractivity contribution is 0.102. The molecule has 3 aromatic rings. The lowest BCUT2D eigenvalue weighted by Crippen LogP contribution is -2.21. The molecule has 142 valence electrons. The van der Waals surface area contributed by atoms with Crippen LogP contribution in [0.2, 0.25) is 10.0 Å². The number of anilines is 2. The monoisotopic (exact) mass is 423 g/mol. The number of carbonyl (C=O) groups is 1. The van der Waals surface area contributed by atoms with Gasteiger partial charge < -0.3 is 16.0 Å². The van der Waals surface area contributed by atoms with Crippen LogP contribution in [0.5, 0.6) is 0 Å². The number of ketones is 1.